The van der Waals surface area contributed by atoms with E-state index in [4.69, 9.17) is 11.6 Å². The summed E-state index contributed by atoms with van der Waals surface area (Å²) in [6.45, 7) is 0. The maximum Gasteiger partial charge on any atom is 0.0684 e. The largest absolute Gasteiger partial charge is 0.278 e. The molecule has 2 aromatic heterocycles. The van der Waals surface area contributed by atoms with Gasteiger partial charge in [-0.1, -0.05) is 0 Å². The van der Waals surface area contributed by atoms with Gasteiger partial charge in [0.1, 0.15) is 0 Å². The molecule has 3 nitrogen and oxygen atoms in total. The van der Waals surface area contributed by atoms with Crippen molar-refractivity contribution in [3.05, 3.63) is 24.2 Å². The fourth-order valence-corrected chi connectivity index (χ4v) is 1.10. The molecule has 4 heteroatoms. The highest BCUT2D eigenvalue weighted by Crippen LogP contribution is 2.10. The molecule has 0 amide bonds. The van der Waals surface area contributed by atoms with Gasteiger partial charge in [0, 0.05) is 11.6 Å². The molecule has 0 aliphatic carbocycles. The number of nitrogens with one attached hydrogen (secondary N) is 1. The Morgan fingerprint density at radius 2 is 2.36 bits per heavy atom. The van der Waals surface area contributed by atoms with Crippen LogP contribution >= 0.6 is 11.6 Å². The zero-order valence-corrected chi connectivity index (χ0v) is 6.47. The lowest BCUT2D eigenvalue weighted by Crippen LogP contribution is -1.82. The summed E-state index contributed by atoms with van der Waals surface area (Å²) in [6.07, 6.45) is 3.50. The zero-order valence-electron chi connectivity index (χ0n) is 5.71. The van der Waals surface area contributed by atoms with Crippen molar-refractivity contribution in [3.63, 3.8) is 0 Å². The Kier molecular flexibility index (Phi) is 1.51. The monoisotopic (exact) mass is 167 g/mol. The van der Waals surface area contributed by atoms with E-state index < -0.39 is 0 Å². The molecule has 0 bridgehead atoms. The van der Waals surface area contributed by atoms with Crippen molar-refractivity contribution in [2.24, 2.45) is 0 Å². The maximum atomic E-state index is 5.60. The average molecular weight is 168 g/mol. The minimum Gasteiger partial charge on any atom is -0.278 e. The lowest BCUT2D eigenvalue weighted by molar-refractivity contribution is 1.11. The minimum absolute atomic E-state index is 0.439. The second-order valence-corrected chi connectivity index (χ2v) is 2.53. The predicted molar refractivity (Wildman–Crippen MR) is 43.4 cm³/mol. The van der Waals surface area contributed by atoms with E-state index >= 15 is 0 Å². The van der Waals surface area contributed by atoms with Crippen LogP contribution in [0.1, 0.15) is 5.69 Å². The first-order valence-electron chi connectivity index (χ1n) is 3.24. The Balaban J connectivity index is 2.67. The third-order valence-corrected chi connectivity index (χ3v) is 1.79. The summed E-state index contributed by atoms with van der Waals surface area (Å²) in [5.41, 5.74) is 1.85. The molecule has 2 heterocycles. The number of pyridine rings is 1. The first kappa shape index (κ1) is 6.61. The van der Waals surface area contributed by atoms with E-state index in [-0.39, 0.29) is 0 Å². The van der Waals surface area contributed by atoms with Crippen LogP contribution in [0.5, 0.6) is 0 Å². The van der Waals surface area contributed by atoms with E-state index in [0.29, 0.717) is 5.88 Å². The van der Waals surface area contributed by atoms with Crippen LogP contribution in [0.4, 0.5) is 0 Å². The molecule has 2 rings (SSSR count). The van der Waals surface area contributed by atoms with E-state index in [1.54, 1.807) is 12.4 Å². The van der Waals surface area contributed by atoms with Gasteiger partial charge in [0.15, 0.2) is 0 Å². The second kappa shape index (κ2) is 2.51. The van der Waals surface area contributed by atoms with Crippen LogP contribution < -0.4 is 0 Å². The highest BCUT2D eigenvalue weighted by Gasteiger charge is 1.96. The third kappa shape index (κ3) is 1.07. The van der Waals surface area contributed by atoms with Gasteiger partial charge in [0.25, 0.3) is 0 Å². The number of halogens is 1. The molecule has 0 spiro atoms. The number of aromatic amines is 1. The summed E-state index contributed by atoms with van der Waals surface area (Å²) >= 11 is 5.60. The second-order valence-electron chi connectivity index (χ2n) is 2.27. The summed E-state index contributed by atoms with van der Waals surface area (Å²) in [7, 11) is 0. The highest BCUT2D eigenvalue weighted by atomic mass is 35.5. The van der Waals surface area contributed by atoms with E-state index in [2.05, 4.69) is 15.2 Å². The summed E-state index contributed by atoms with van der Waals surface area (Å²) in [5, 5.41) is 7.73. The lowest BCUT2D eigenvalue weighted by atomic mass is 10.3. The van der Waals surface area contributed by atoms with Crippen LogP contribution in [0.25, 0.3) is 10.9 Å². The van der Waals surface area contributed by atoms with E-state index in [9.17, 15) is 0 Å². The standard InChI is InChI=1S/C7H6ClN3/c8-2-6-1-7-5(3-9-6)4-10-11-7/h1,3-4H,2H2,(H,10,11). The van der Waals surface area contributed by atoms with Gasteiger partial charge in [-0.3, -0.25) is 10.1 Å². The number of rotatable bonds is 1. The van der Waals surface area contributed by atoms with Gasteiger partial charge >= 0.3 is 0 Å². The van der Waals surface area contributed by atoms with Crippen LogP contribution in [-0.2, 0) is 5.88 Å². The third-order valence-electron chi connectivity index (χ3n) is 1.52. The van der Waals surface area contributed by atoms with Gasteiger partial charge in [-0.15, -0.1) is 11.6 Å². The van der Waals surface area contributed by atoms with Crippen molar-refractivity contribution in [1.82, 2.24) is 15.2 Å². The molecule has 0 aromatic carbocycles. The van der Waals surface area contributed by atoms with Crippen LogP contribution in [0.2, 0.25) is 0 Å². The van der Waals surface area contributed by atoms with Crippen molar-refractivity contribution in [3.8, 4) is 0 Å². The zero-order chi connectivity index (χ0) is 7.68. The number of H-pyrrole nitrogens is 1. The number of hydrogen-bond donors (Lipinski definition) is 1. The van der Waals surface area contributed by atoms with Crippen LogP contribution in [0, 0.1) is 0 Å². The summed E-state index contributed by atoms with van der Waals surface area (Å²) in [5.74, 6) is 0.439. The molecule has 0 fully saturated rings. The molecule has 0 atom stereocenters. The van der Waals surface area contributed by atoms with Crippen LogP contribution in [-0.4, -0.2) is 15.2 Å². The van der Waals surface area contributed by atoms with Crippen molar-refractivity contribution in [2.45, 2.75) is 5.88 Å². The Morgan fingerprint density at radius 3 is 3.18 bits per heavy atom. The van der Waals surface area contributed by atoms with E-state index in [0.717, 1.165) is 16.6 Å². The molecule has 0 aliphatic heterocycles. The van der Waals surface area contributed by atoms with Crippen molar-refractivity contribution >= 4 is 22.5 Å². The van der Waals surface area contributed by atoms with E-state index in [1.165, 1.54) is 0 Å². The van der Waals surface area contributed by atoms with Gasteiger partial charge in [-0.25, -0.2) is 0 Å². The predicted octanol–water partition coefficient (Wildman–Crippen LogP) is 1.70. The molecule has 56 valence electrons. The molecule has 0 radical (unpaired) electrons. The molecular formula is C7H6ClN3. The topological polar surface area (TPSA) is 41.6 Å². The Hall–Kier alpha value is -1.09. The van der Waals surface area contributed by atoms with Crippen molar-refractivity contribution in [2.75, 3.05) is 0 Å². The maximum absolute atomic E-state index is 5.60. The highest BCUT2D eigenvalue weighted by molar-refractivity contribution is 6.17. The van der Waals surface area contributed by atoms with Gasteiger partial charge in [-0.2, -0.15) is 5.10 Å². The quantitative estimate of drug-likeness (QED) is 0.657. The first-order valence-corrected chi connectivity index (χ1v) is 3.77. The molecule has 0 unspecified atom stereocenters. The molecule has 1 N–H and O–H groups in total. The Labute approximate surface area is 68.4 Å². The number of fused-ring (bicyclic) bond motifs is 1. The Bertz CT molecular complexity index is 368. The van der Waals surface area contributed by atoms with Crippen molar-refractivity contribution in [1.29, 1.82) is 0 Å². The fourth-order valence-electron chi connectivity index (χ4n) is 0.953. The normalized spacial score (nSPS) is 10.6. The van der Waals surface area contributed by atoms with Gasteiger partial charge in [0.2, 0.25) is 0 Å². The smallest absolute Gasteiger partial charge is 0.0684 e. The number of nitrogens with zero attached hydrogens (tertiary/aromatic N) is 2. The average Bonchev–Trinajstić information content (AvgIpc) is 2.50. The van der Waals surface area contributed by atoms with Gasteiger partial charge in [0.05, 0.1) is 23.3 Å². The fraction of sp³-hybridized carbons (Fsp3) is 0.143. The summed E-state index contributed by atoms with van der Waals surface area (Å²) in [4.78, 5) is 4.11. The molecular weight excluding hydrogens is 162 g/mol. The molecule has 0 saturated heterocycles. The lowest BCUT2D eigenvalue weighted by Gasteiger charge is -1.91. The number of alkyl halides is 1. The SMILES string of the molecule is ClCc1cc2[nH]ncc2cn1. The van der Waals surface area contributed by atoms with Gasteiger partial charge < -0.3 is 0 Å². The molecule has 2 aromatic rings. The van der Waals surface area contributed by atoms with Crippen LogP contribution in [0.3, 0.4) is 0 Å². The molecule has 0 aliphatic rings. The summed E-state index contributed by atoms with van der Waals surface area (Å²) in [6, 6.07) is 1.90. The number of hydrogen-bond acceptors (Lipinski definition) is 2. The minimum atomic E-state index is 0.439. The van der Waals surface area contributed by atoms with Crippen molar-refractivity contribution < 1.29 is 0 Å². The summed E-state index contributed by atoms with van der Waals surface area (Å²) < 4.78 is 0. The van der Waals surface area contributed by atoms with Gasteiger partial charge in [-0.05, 0) is 6.07 Å². The van der Waals surface area contributed by atoms with E-state index in [1.807, 2.05) is 6.07 Å². The molecule has 11 heavy (non-hydrogen) atoms. The first-order chi connectivity index (χ1) is 5.40. The number of aromatic nitrogens is 3. The van der Waals surface area contributed by atoms with Crippen LogP contribution in [0.15, 0.2) is 18.5 Å². The molecule has 0 saturated carbocycles. The Morgan fingerprint density at radius 1 is 1.45 bits per heavy atom.